The smallest absolute Gasteiger partial charge is 0.270 e. The first kappa shape index (κ1) is 27.4. The van der Waals surface area contributed by atoms with Gasteiger partial charge in [-0.3, -0.25) is 14.4 Å². The normalized spacial score (nSPS) is 14.5. The molecule has 0 saturated heterocycles. The number of H-pyrrole nitrogens is 1. The van der Waals surface area contributed by atoms with Gasteiger partial charge in [0.1, 0.15) is 17.2 Å². The van der Waals surface area contributed by atoms with Crippen LogP contribution in [-0.4, -0.2) is 45.6 Å². The van der Waals surface area contributed by atoms with Crippen molar-refractivity contribution in [2.75, 3.05) is 7.11 Å². The third-order valence-electron chi connectivity index (χ3n) is 5.88. The summed E-state index contributed by atoms with van der Waals surface area (Å²) in [5.41, 5.74) is 2.36. The summed E-state index contributed by atoms with van der Waals surface area (Å²) in [4.78, 5) is 54.1. The van der Waals surface area contributed by atoms with E-state index in [1.54, 1.807) is 19.1 Å². The number of amides is 2. The van der Waals surface area contributed by atoms with Crippen LogP contribution in [0, 0.1) is 12.7 Å². The molecular formula is C27H29FN6O5. The first-order chi connectivity index (χ1) is 18.6. The molecule has 2 amide bonds. The van der Waals surface area contributed by atoms with Gasteiger partial charge in [-0.05, 0) is 50.6 Å². The maximum Gasteiger partial charge on any atom is 0.270 e. The molecule has 12 heteroatoms. The molecule has 0 radical (unpaired) electrons. The molecule has 39 heavy (non-hydrogen) atoms. The molecule has 1 aromatic carbocycles. The second-order valence-corrected chi connectivity index (χ2v) is 9.36. The molecule has 0 bridgehead atoms. The van der Waals surface area contributed by atoms with Gasteiger partial charge < -0.3 is 25.2 Å². The summed E-state index contributed by atoms with van der Waals surface area (Å²) in [6.07, 6.45) is 1.29. The van der Waals surface area contributed by atoms with Crippen LogP contribution in [0.1, 0.15) is 65.1 Å². The van der Waals surface area contributed by atoms with Crippen molar-refractivity contribution in [3.8, 4) is 5.75 Å². The van der Waals surface area contributed by atoms with Crippen molar-refractivity contribution >= 4 is 17.5 Å². The predicted molar refractivity (Wildman–Crippen MR) is 140 cm³/mol. The lowest BCUT2D eigenvalue weighted by atomic mass is 10.0. The van der Waals surface area contributed by atoms with Crippen LogP contribution in [0.3, 0.4) is 0 Å². The molecule has 3 heterocycles. The molecule has 0 saturated carbocycles. The zero-order valence-corrected chi connectivity index (χ0v) is 22.0. The van der Waals surface area contributed by atoms with Gasteiger partial charge in [-0.1, -0.05) is 11.2 Å². The molecule has 3 N–H and O–H groups in total. The summed E-state index contributed by atoms with van der Waals surface area (Å²) in [5.74, 6) is -0.723. The Morgan fingerprint density at radius 2 is 2.03 bits per heavy atom. The van der Waals surface area contributed by atoms with E-state index >= 15 is 0 Å². The lowest BCUT2D eigenvalue weighted by molar-refractivity contribution is -0.120. The largest absolute Gasteiger partial charge is 0.494 e. The number of carbonyl (C=O) groups excluding carboxylic acids is 2. The maximum atomic E-state index is 13.7. The van der Waals surface area contributed by atoms with Gasteiger partial charge in [-0.15, -0.1) is 0 Å². The van der Waals surface area contributed by atoms with E-state index in [2.05, 4.69) is 30.7 Å². The van der Waals surface area contributed by atoms with E-state index in [0.29, 0.717) is 40.3 Å². The summed E-state index contributed by atoms with van der Waals surface area (Å²) in [7, 11) is 1.37. The van der Waals surface area contributed by atoms with Gasteiger partial charge in [0.2, 0.25) is 5.91 Å². The van der Waals surface area contributed by atoms with Gasteiger partial charge in [0.15, 0.2) is 17.7 Å². The van der Waals surface area contributed by atoms with Gasteiger partial charge in [0.05, 0.1) is 19.2 Å². The number of rotatable bonds is 9. The molecule has 2 aromatic heterocycles. The number of oxime groups is 1. The average molecular weight is 537 g/mol. The minimum absolute atomic E-state index is 0.0383. The van der Waals surface area contributed by atoms with Crippen molar-refractivity contribution < 1.29 is 23.6 Å². The fourth-order valence-corrected chi connectivity index (χ4v) is 4.04. The van der Waals surface area contributed by atoms with E-state index in [0.717, 1.165) is 0 Å². The van der Waals surface area contributed by atoms with E-state index in [9.17, 15) is 18.8 Å². The Morgan fingerprint density at radius 3 is 2.77 bits per heavy atom. The van der Waals surface area contributed by atoms with Crippen molar-refractivity contribution in [3.05, 3.63) is 86.6 Å². The topological polar surface area (TPSA) is 148 Å². The Labute approximate surface area is 223 Å². The van der Waals surface area contributed by atoms with E-state index < -0.39 is 17.8 Å². The standard InChI is InChI=1S/C27H29FN6O5/c1-14(2)31-25(35)9-17-8-18(13-30-26(17)36)23-11-21(34-39-23)20-10-22(33-15(3)32-20)27(37)29-12-16-5-6-19(28)24(7-16)38-4/h5-8,10,13-14,23H,9,11-12H2,1-4H3,(H,29,37)(H,30,36)(H,31,35). The zero-order valence-electron chi connectivity index (χ0n) is 22.0. The number of carbonyl (C=O) groups is 2. The SMILES string of the molecule is COc1cc(CNC(=O)c2cc(C3=NOC(c4c[nH]c(=O)c(CC(=O)NC(C)C)c4)C3)nc(C)n2)ccc1F. The van der Waals surface area contributed by atoms with Crippen LogP contribution in [0.15, 0.2) is 46.5 Å². The lowest BCUT2D eigenvalue weighted by Crippen LogP contribution is -2.33. The van der Waals surface area contributed by atoms with Crippen molar-refractivity contribution in [2.45, 2.75) is 52.3 Å². The fourth-order valence-electron chi connectivity index (χ4n) is 4.04. The van der Waals surface area contributed by atoms with E-state index in [1.165, 1.54) is 31.5 Å². The van der Waals surface area contributed by atoms with Crippen LogP contribution in [0.4, 0.5) is 4.39 Å². The molecule has 1 unspecified atom stereocenters. The van der Waals surface area contributed by atoms with Crippen LogP contribution in [0.2, 0.25) is 0 Å². The number of ether oxygens (including phenoxy) is 1. The van der Waals surface area contributed by atoms with Gasteiger partial charge >= 0.3 is 0 Å². The maximum absolute atomic E-state index is 13.7. The molecule has 1 aliphatic heterocycles. The number of aryl methyl sites for hydroxylation is 1. The second-order valence-electron chi connectivity index (χ2n) is 9.36. The Kier molecular flexibility index (Phi) is 8.33. The number of halogens is 1. The van der Waals surface area contributed by atoms with E-state index in [4.69, 9.17) is 9.57 Å². The number of methoxy groups -OCH3 is 1. The molecule has 0 aliphatic carbocycles. The van der Waals surface area contributed by atoms with Crippen LogP contribution in [0.5, 0.6) is 5.75 Å². The molecule has 1 aliphatic rings. The summed E-state index contributed by atoms with van der Waals surface area (Å²) in [6.45, 7) is 5.49. The van der Waals surface area contributed by atoms with Gasteiger partial charge in [-0.25, -0.2) is 14.4 Å². The van der Waals surface area contributed by atoms with Crippen LogP contribution in [-0.2, 0) is 22.6 Å². The highest BCUT2D eigenvalue weighted by Gasteiger charge is 2.27. The molecular weight excluding hydrogens is 507 g/mol. The van der Waals surface area contributed by atoms with E-state index in [1.807, 2.05) is 13.8 Å². The van der Waals surface area contributed by atoms with Crippen LogP contribution < -0.4 is 20.9 Å². The van der Waals surface area contributed by atoms with Crippen molar-refractivity contribution in [1.82, 2.24) is 25.6 Å². The number of nitrogens with one attached hydrogen (secondary N) is 3. The number of pyridine rings is 1. The Hall–Kier alpha value is -4.61. The fraction of sp³-hybridized carbons (Fsp3) is 0.333. The first-order valence-electron chi connectivity index (χ1n) is 12.3. The van der Waals surface area contributed by atoms with E-state index in [-0.39, 0.29) is 41.9 Å². The van der Waals surface area contributed by atoms with Gasteiger partial charge in [0, 0.05) is 36.3 Å². The number of hydrogen-bond donors (Lipinski definition) is 3. The van der Waals surface area contributed by atoms with Crippen LogP contribution in [0.25, 0.3) is 0 Å². The van der Waals surface area contributed by atoms with Crippen molar-refractivity contribution in [2.24, 2.45) is 5.16 Å². The average Bonchev–Trinajstić information content (AvgIpc) is 3.39. The van der Waals surface area contributed by atoms with Gasteiger partial charge in [-0.2, -0.15) is 0 Å². The van der Waals surface area contributed by atoms with Crippen molar-refractivity contribution in [3.63, 3.8) is 0 Å². The molecule has 11 nitrogen and oxygen atoms in total. The minimum Gasteiger partial charge on any atom is -0.494 e. The highest BCUT2D eigenvalue weighted by atomic mass is 19.1. The zero-order chi connectivity index (χ0) is 28.1. The number of aromatic amines is 1. The molecule has 3 aromatic rings. The number of benzene rings is 1. The summed E-state index contributed by atoms with van der Waals surface area (Å²) < 4.78 is 18.6. The molecule has 204 valence electrons. The molecule has 0 fully saturated rings. The second kappa shape index (κ2) is 11.8. The molecule has 4 rings (SSSR count). The lowest BCUT2D eigenvalue weighted by Gasteiger charge is -2.11. The Balaban J connectivity index is 1.44. The minimum atomic E-state index is -0.509. The summed E-state index contributed by atoms with van der Waals surface area (Å²) in [5, 5.41) is 9.68. The molecule has 0 spiro atoms. The number of aromatic nitrogens is 3. The predicted octanol–water partition coefficient (Wildman–Crippen LogP) is 2.48. The Morgan fingerprint density at radius 1 is 1.23 bits per heavy atom. The summed E-state index contributed by atoms with van der Waals surface area (Å²) >= 11 is 0. The highest BCUT2D eigenvalue weighted by Crippen LogP contribution is 2.29. The van der Waals surface area contributed by atoms with Crippen molar-refractivity contribution in [1.29, 1.82) is 0 Å². The third-order valence-corrected chi connectivity index (χ3v) is 5.88. The quantitative estimate of drug-likeness (QED) is 0.381. The van der Waals surface area contributed by atoms with Crippen LogP contribution >= 0.6 is 0 Å². The summed E-state index contributed by atoms with van der Waals surface area (Å²) in [6, 6.07) is 7.45. The number of nitrogens with zero attached hydrogens (tertiary/aromatic N) is 3. The third kappa shape index (κ3) is 6.83. The highest BCUT2D eigenvalue weighted by molar-refractivity contribution is 6.02. The van der Waals surface area contributed by atoms with Gasteiger partial charge in [0.25, 0.3) is 11.5 Å². The number of hydrogen-bond acceptors (Lipinski definition) is 8. The first-order valence-corrected chi connectivity index (χ1v) is 12.3. The Bertz CT molecular complexity index is 1490. The monoisotopic (exact) mass is 536 g/mol. The molecule has 1 atom stereocenters.